The van der Waals surface area contributed by atoms with E-state index >= 15 is 0 Å². The van der Waals surface area contributed by atoms with Crippen LogP contribution in [0.1, 0.15) is 32.0 Å². The second-order valence-electron chi connectivity index (χ2n) is 6.29. The van der Waals surface area contributed by atoms with Crippen LogP contribution in [0.25, 0.3) is 0 Å². The second-order valence-corrected chi connectivity index (χ2v) is 7.23. The van der Waals surface area contributed by atoms with Crippen LogP contribution in [0, 0.1) is 6.92 Å². The third kappa shape index (κ3) is 5.69. The SMILES string of the molecule is Cc1cccc(OCCCNC(=O)c2cccc(NC(=O)c3cccs3)c2)c1. The largest absolute Gasteiger partial charge is 0.494 e. The molecule has 28 heavy (non-hydrogen) atoms. The van der Waals surface area contributed by atoms with E-state index in [1.807, 2.05) is 42.6 Å². The highest BCUT2D eigenvalue weighted by molar-refractivity contribution is 7.12. The summed E-state index contributed by atoms with van der Waals surface area (Å²) in [5.74, 6) is 0.476. The maximum absolute atomic E-state index is 12.3. The lowest BCUT2D eigenvalue weighted by Gasteiger charge is -2.09. The number of hydrogen-bond acceptors (Lipinski definition) is 4. The monoisotopic (exact) mass is 394 g/mol. The van der Waals surface area contributed by atoms with Gasteiger partial charge in [0.2, 0.25) is 0 Å². The summed E-state index contributed by atoms with van der Waals surface area (Å²) < 4.78 is 5.67. The van der Waals surface area contributed by atoms with E-state index in [1.54, 1.807) is 30.3 Å². The summed E-state index contributed by atoms with van der Waals surface area (Å²) in [6.07, 6.45) is 0.703. The Morgan fingerprint density at radius 3 is 2.64 bits per heavy atom. The van der Waals surface area contributed by atoms with Crippen molar-refractivity contribution in [2.24, 2.45) is 0 Å². The Morgan fingerprint density at radius 1 is 1.00 bits per heavy atom. The minimum absolute atomic E-state index is 0.178. The van der Waals surface area contributed by atoms with E-state index in [0.717, 1.165) is 11.3 Å². The molecule has 2 N–H and O–H groups in total. The molecule has 0 atom stereocenters. The van der Waals surface area contributed by atoms with Crippen LogP contribution < -0.4 is 15.4 Å². The smallest absolute Gasteiger partial charge is 0.265 e. The summed E-state index contributed by atoms with van der Waals surface area (Å²) in [5.41, 5.74) is 2.24. The van der Waals surface area contributed by atoms with Gasteiger partial charge in [-0.2, -0.15) is 0 Å². The zero-order valence-corrected chi connectivity index (χ0v) is 16.4. The number of anilines is 1. The van der Waals surface area contributed by atoms with Crippen molar-refractivity contribution in [2.75, 3.05) is 18.5 Å². The number of aryl methyl sites for hydroxylation is 1. The Labute approximate surface area is 168 Å². The Morgan fingerprint density at radius 2 is 1.86 bits per heavy atom. The van der Waals surface area contributed by atoms with Crippen LogP contribution in [0.5, 0.6) is 5.75 Å². The van der Waals surface area contributed by atoms with Gasteiger partial charge in [-0.3, -0.25) is 9.59 Å². The number of carbonyl (C=O) groups is 2. The van der Waals surface area contributed by atoms with Crippen LogP contribution in [0.2, 0.25) is 0 Å². The molecule has 2 amide bonds. The molecule has 2 aromatic carbocycles. The number of amides is 2. The lowest BCUT2D eigenvalue weighted by Crippen LogP contribution is -2.25. The van der Waals surface area contributed by atoms with Gasteiger partial charge in [0.05, 0.1) is 11.5 Å². The fourth-order valence-corrected chi connectivity index (χ4v) is 3.23. The predicted octanol–water partition coefficient (Wildman–Crippen LogP) is 4.51. The molecule has 1 heterocycles. The van der Waals surface area contributed by atoms with E-state index in [4.69, 9.17) is 4.74 Å². The van der Waals surface area contributed by atoms with E-state index in [9.17, 15) is 9.59 Å². The molecule has 144 valence electrons. The third-order valence-electron chi connectivity index (χ3n) is 3.99. The standard InChI is InChI=1S/C22H22N2O3S/c1-16-6-2-9-19(14-16)27-12-5-11-23-21(25)17-7-3-8-18(15-17)24-22(26)20-10-4-13-28-20/h2-4,6-10,13-15H,5,11-12H2,1H3,(H,23,25)(H,24,26). The molecule has 0 aliphatic heterocycles. The predicted molar refractivity (Wildman–Crippen MR) is 112 cm³/mol. The molecule has 0 aliphatic rings. The van der Waals surface area contributed by atoms with Crippen LogP contribution in [0.4, 0.5) is 5.69 Å². The number of ether oxygens (including phenoxy) is 1. The summed E-state index contributed by atoms with van der Waals surface area (Å²) in [6, 6.07) is 18.4. The average Bonchev–Trinajstić information content (AvgIpc) is 3.23. The zero-order chi connectivity index (χ0) is 19.8. The minimum atomic E-state index is -0.180. The molecule has 0 fully saturated rings. The van der Waals surface area contributed by atoms with Crippen LogP contribution in [0.15, 0.2) is 66.0 Å². The minimum Gasteiger partial charge on any atom is -0.494 e. The van der Waals surface area contributed by atoms with E-state index in [1.165, 1.54) is 11.3 Å². The van der Waals surface area contributed by atoms with Gasteiger partial charge in [0, 0.05) is 17.8 Å². The first kappa shape index (κ1) is 19.6. The lowest BCUT2D eigenvalue weighted by atomic mass is 10.2. The molecule has 0 unspecified atom stereocenters. The highest BCUT2D eigenvalue weighted by atomic mass is 32.1. The van der Waals surface area contributed by atoms with Gasteiger partial charge in [-0.1, -0.05) is 24.3 Å². The van der Waals surface area contributed by atoms with Crippen molar-refractivity contribution < 1.29 is 14.3 Å². The molecular formula is C22H22N2O3S. The number of hydrogen-bond donors (Lipinski definition) is 2. The van der Waals surface area contributed by atoms with E-state index in [2.05, 4.69) is 10.6 Å². The maximum atomic E-state index is 12.3. The van der Waals surface area contributed by atoms with Gasteiger partial charge in [0.15, 0.2) is 0 Å². The topological polar surface area (TPSA) is 67.4 Å². The van der Waals surface area contributed by atoms with Gasteiger partial charge in [-0.15, -0.1) is 11.3 Å². The normalized spacial score (nSPS) is 10.3. The molecular weight excluding hydrogens is 372 g/mol. The fraction of sp³-hybridized carbons (Fsp3) is 0.182. The zero-order valence-electron chi connectivity index (χ0n) is 15.6. The number of benzene rings is 2. The quantitative estimate of drug-likeness (QED) is 0.553. The number of thiophene rings is 1. The van der Waals surface area contributed by atoms with Crippen molar-refractivity contribution >= 4 is 28.8 Å². The van der Waals surface area contributed by atoms with Crippen LogP contribution in [0.3, 0.4) is 0 Å². The van der Waals surface area contributed by atoms with Crippen LogP contribution in [-0.2, 0) is 0 Å². The third-order valence-corrected chi connectivity index (χ3v) is 4.86. The molecule has 0 bridgehead atoms. The maximum Gasteiger partial charge on any atom is 0.265 e. The summed E-state index contributed by atoms with van der Waals surface area (Å²) in [4.78, 5) is 25.1. The van der Waals surface area contributed by atoms with Gasteiger partial charge in [-0.05, 0) is 60.7 Å². The Hall–Kier alpha value is -3.12. The van der Waals surface area contributed by atoms with Crippen LogP contribution >= 0.6 is 11.3 Å². The average molecular weight is 394 g/mol. The molecule has 0 spiro atoms. The van der Waals surface area contributed by atoms with Gasteiger partial charge < -0.3 is 15.4 Å². The van der Waals surface area contributed by atoms with E-state index in [0.29, 0.717) is 35.7 Å². The molecule has 6 heteroatoms. The molecule has 1 aromatic heterocycles. The molecule has 0 aliphatic carbocycles. The Kier molecular flexibility index (Phi) is 6.81. The van der Waals surface area contributed by atoms with Gasteiger partial charge in [-0.25, -0.2) is 0 Å². The molecule has 0 saturated heterocycles. The van der Waals surface area contributed by atoms with Crippen molar-refractivity contribution in [1.29, 1.82) is 0 Å². The van der Waals surface area contributed by atoms with Gasteiger partial charge >= 0.3 is 0 Å². The first-order valence-corrected chi connectivity index (χ1v) is 9.92. The van der Waals surface area contributed by atoms with Gasteiger partial charge in [0.1, 0.15) is 5.75 Å². The van der Waals surface area contributed by atoms with Crippen LogP contribution in [-0.4, -0.2) is 25.0 Å². The highest BCUT2D eigenvalue weighted by Gasteiger charge is 2.09. The van der Waals surface area contributed by atoms with E-state index in [-0.39, 0.29) is 11.8 Å². The fourth-order valence-electron chi connectivity index (χ4n) is 2.61. The molecule has 0 saturated carbocycles. The second kappa shape index (κ2) is 9.71. The highest BCUT2D eigenvalue weighted by Crippen LogP contribution is 2.15. The number of rotatable bonds is 8. The van der Waals surface area contributed by atoms with Crippen molar-refractivity contribution in [1.82, 2.24) is 5.32 Å². The number of carbonyl (C=O) groups excluding carboxylic acids is 2. The summed E-state index contributed by atoms with van der Waals surface area (Å²) in [6.45, 7) is 3.06. The van der Waals surface area contributed by atoms with Crippen molar-refractivity contribution in [2.45, 2.75) is 13.3 Å². The molecule has 3 rings (SSSR count). The summed E-state index contributed by atoms with van der Waals surface area (Å²) in [5, 5.41) is 7.53. The molecule has 3 aromatic rings. The van der Waals surface area contributed by atoms with Crippen molar-refractivity contribution in [3.05, 3.63) is 82.0 Å². The van der Waals surface area contributed by atoms with Crippen molar-refractivity contribution in [3.63, 3.8) is 0 Å². The Bertz CT molecular complexity index is 938. The lowest BCUT2D eigenvalue weighted by molar-refractivity contribution is 0.0950. The first-order valence-electron chi connectivity index (χ1n) is 9.04. The first-order chi connectivity index (χ1) is 13.6. The van der Waals surface area contributed by atoms with E-state index < -0.39 is 0 Å². The summed E-state index contributed by atoms with van der Waals surface area (Å²) >= 11 is 1.37. The Balaban J connectivity index is 1.44. The summed E-state index contributed by atoms with van der Waals surface area (Å²) in [7, 11) is 0. The molecule has 0 radical (unpaired) electrons. The number of nitrogens with one attached hydrogen (secondary N) is 2. The molecule has 5 nitrogen and oxygen atoms in total. The van der Waals surface area contributed by atoms with Crippen molar-refractivity contribution in [3.8, 4) is 5.75 Å². The van der Waals surface area contributed by atoms with Gasteiger partial charge in [0.25, 0.3) is 11.8 Å².